The first-order valence-corrected chi connectivity index (χ1v) is 14.4. The fraction of sp³-hybridized carbons (Fsp3) is 0.143. The predicted octanol–water partition coefficient (Wildman–Crippen LogP) is 8.40. The molecule has 4 nitrogen and oxygen atoms in total. The van der Waals surface area contributed by atoms with Crippen LogP contribution < -0.4 is 4.57 Å². The Morgan fingerprint density at radius 2 is 1.45 bits per heavy atom. The van der Waals surface area contributed by atoms with E-state index in [1.54, 1.807) is 11.8 Å². The normalized spacial score (nSPS) is 12.1. The molecule has 3 heterocycles. The molecule has 7 rings (SSSR count). The van der Waals surface area contributed by atoms with E-state index in [4.69, 9.17) is 4.98 Å². The first-order chi connectivity index (χ1) is 19.4. The molecular weight excluding hydrogens is 508 g/mol. The van der Waals surface area contributed by atoms with Gasteiger partial charge in [-0.2, -0.15) is 4.57 Å². The molecule has 5 heteroatoms. The van der Waals surface area contributed by atoms with Crippen molar-refractivity contribution in [2.24, 2.45) is 7.05 Å². The Balaban J connectivity index is 1.33. The minimum Gasteiger partial charge on any atom is -0.294 e. The number of pyridine rings is 1. The van der Waals surface area contributed by atoms with Gasteiger partial charge in [-0.1, -0.05) is 75.0 Å². The maximum Gasteiger partial charge on any atom is 0.249 e. The first-order valence-electron chi connectivity index (χ1n) is 13.6. The van der Waals surface area contributed by atoms with Crippen LogP contribution in [0, 0.1) is 0 Å². The lowest BCUT2D eigenvalue weighted by Crippen LogP contribution is -2.25. The fourth-order valence-corrected chi connectivity index (χ4v) is 6.48. The van der Waals surface area contributed by atoms with Gasteiger partial charge in [-0.3, -0.25) is 4.57 Å². The molecule has 0 fully saturated rings. The zero-order chi connectivity index (χ0) is 27.4. The Labute approximate surface area is 238 Å². The van der Waals surface area contributed by atoms with Crippen LogP contribution in [0.3, 0.4) is 0 Å². The van der Waals surface area contributed by atoms with Crippen LogP contribution in [0.15, 0.2) is 125 Å². The highest BCUT2D eigenvalue weighted by molar-refractivity contribution is 7.99. The summed E-state index contributed by atoms with van der Waals surface area (Å²) in [5.74, 6) is 0.954. The van der Waals surface area contributed by atoms with Crippen molar-refractivity contribution in [2.45, 2.75) is 36.0 Å². The van der Waals surface area contributed by atoms with E-state index in [0.29, 0.717) is 0 Å². The molecule has 0 aliphatic rings. The lowest BCUT2D eigenvalue weighted by Gasteiger charge is -2.20. The number of imidazole rings is 1. The zero-order valence-electron chi connectivity index (χ0n) is 23.2. The Hall–Kier alpha value is -4.35. The number of hydrogen-bond acceptors (Lipinski definition) is 2. The standard InChI is InChI=1S/C35H31N4S/c1-35(2,3)24-18-19-36-34(20-24)39-30-13-6-5-12-28(30)29-17-16-27(22-33(29)39)40-26-11-9-10-25(21-26)38-23-37(4)31-14-7-8-15-32(31)38/h5-23H,1-4H3/q+1. The van der Waals surface area contributed by atoms with Crippen molar-refractivity contribution in [3.63, 3.8) is 0 Å². The minimum absolute atomic E-state index is 0.0462. The molecule has 0 spiro atoms. The maximum atomic E-state index is 4.83. The van der Waals surface area contributed by atoms with Crippen molar-refractivity contribution in [3.8, 4) is 11.5 Å². The average Bonchev–Trinajstić information content (AvgIpc) is 3.47. The highest BCUT2D eigenvalue weighted by Gasteiger charge is 2.19. The summed E-state index contributed by atoms with van der Waals surface area (Å²) in [6.45, 7) is 6.74. The van der Waals surface area contributed by atoms with E-state index < -0.39 is 0 Å². The van der Waals surface area contributed by atoms with Crippen molar-refractivity contribution in [1.29, 1.82) is 0 Å². The molecule has 0 aliphatic carbocycles. The number of hydrogen-bond donors (Lipinski definition) is 0. The summed E-state index contributed by atoms with van der Waals surface area (Å²) in [5.41, 5.74) is 7.23. The lowest BCUT2D eigenvalue weighted by molar-refractivity contribution is -0.645. The largest absolute Gasteiger partial charge is 0.294 e. The highest BCUT2D eigenvalue weighted by Crippen LogP contribution is 2.37. The molecule has 196 valence electrons. The van der Waals surface area contributed by atoms with Crippen LogP contribution in [0.5, 0.6) is 0 Å². The van der Waals surface area contributed by atoms with Crippen LogP contribution in [-0.4, -0.2) is 14.1 Å². The molecule has 7 aromatic rings. The summed E-state index contributed by atoms with van der Waals surface area (Å²) in [6, 6.07) is 37.1. The molecule has 0 unspecified atom stereocenters. The number of aromatic nitrogens is 4. The van der Waals surface area contributed by atoms with Gasteiger partial charge in [0.05, 0.1) is 18.1 Å². The molecule has 0 bridgehead atoms. The summed E-state index contributed by atoms with van der Waals surface area (Å²) in [4.78, 5) is 7.23. The van der Waals surface area contributed by atoms with E-state index in [0.717, 1.165) is 11.5 Å². The van der Waals surface area contributed by atoms with E-state index in [1.807, 2.05) is 6.20 Å². The third-order valence-corrected chi connectivity index (χ3v) is 8.61. The lowest BCUT2D eigenvalue weighted by atomic mass is 9.88. The molecule has 0 atom stereocenters. The van der Waals surface area contributed by atoms with Crippen LogP contribution >= 0.6 is 11.8 Å². The first kappa shape index (κ1) is 24.7. The number of nitrogens with zero attached hydrogens (tertiary/aromatic N) is 4. The Morgan fingerprint density at radius 1 is 0.700 bits per heavy atom. The van der Waals surface area contributed by atoms with Crippen LogP contribution in [0.1, 0.15) is 26.3 Å². The molecule has 0 N–H and O–H groups in total. The predicted molar refractivity (Wildman–Crippen MR) is 166 cm³/mol. The van der Waals surface area contributed by atoms with Crippen molar-refractivity contribution >= 4 is 44.6 Å². The molecule has 0 aliphatic heterocycles. The van der Waals surface area contributed by atoms with Gasteiger partial charge in [0, 0.05) is 26.8 Å². The molecule has 0 saturated carbocycles. The summed E-state index contributed by atoms with van der Waals surface area (Å²) < 4.78 is 6.74. The van der Waals surface area contributed by atoms with Gasteiger partial charge in [-0.25, -0.2) is 9.55 Å². The van der Waals surface area contributed by atoms with Crippen LogP contribution in [0.25, 0.3) is 44.3 Å². The Morgan fingerprint density at radius 3 is 2.30 bits per heavy atom. The van der Waals surface area contributed by atoms with E-state index in [1.165, 1.54) is 48.2 Å². The number of fused-ring (bicyclic) bond motifs is 4. The van der Waals surface area contributed by atoms with Gasteiger partial charge < -0.3 is 0 Å². The summed E-state index contributed by atoms with van der Waals surface area (Å²) >= 11 is 1.79. The van der Waals surface area contributed by atoms with Gasteiger partial charge in [0.25, 0.3) is 0 Å². The van der Waals surface area contributed by atoms with Crippen molar-refractivity contribution in [3.05, 3.63) is 121 Å². The van der Waals surface area contributed by atoms with Gasteiger partial charge in [0.1, 0.15) is 11.5 Å². The quantitative estimate of drug-likeness (QED) is 0.210. The molecule has 4 aromatic carbocycles. The SMILES string of the molecule is C[n+]1cn(-c2cccc(Sc3ccc4c5ccccc5n(-c5cc(C(C)(C)C)ccn5)c4c3)c2)c2ccccc21. The number of aryl methyl sites for hydroxylation is 1. The van der Waals surface area contributed by atoms with Crippen molar-refractivity contribution < 1.29 is 4.57 Å². The molecular formula is C35H31N4S+. The smallest absolute Gasteiger partial charge is 0.249 e. The van der Waals surface area contributed by atoms with E-state index in [9.17, 15) is 0 Å². The highest BCUT2D eigenvalue weighted by atomic mass is 32.2. The van der Waals surface area contributed by atoms with E-state index >= 15 is 0 Å². The topological polar surface area (TPSA) is 26.6 Å². The number of rotatable bonds is 4. The minimum atomic E-state index is 0.0462. The van der Waals surface area contributed by atoms with Crippen molar-refractivity contribution in [1.82, 2.24) is 14.1 Å². The molecule has 40 heavy (non-hydrogen) atoms. The van der Waals surface area contributed by atoms with Gasteiger partial charge in [-0.05, 0) is 71.6 Å². The molecule has 0 saturated heterocycles. The zero-order valence-corrected chi connectivity index (χ0v) is 24.0. The van der Waals surface area contributed by atoms with Crippen LogP contribution in [-0.2, 0) is 12.5 Å². The van der Waals surface area contributed by atoms with Crippen molar-refractivity contribution in [2.75, 3.05) is 0 Å². The fourth-order valence-electron chi connectivity index (χ4n) is 5.57. The number of benzene rings is 4. The third kappa shape index (κ3) is 4.18. The molecule has 0 radical (unpaired) electrons. The van der Waals surface area contributed by atoms with E-state index in [2.05, 4.69) is 151 Å². The van der Waals surface area contributed by atoms with E-state index in [-0.39, 0.29) is 5.41 Å². The monoisotopic (exact) mass is 539 g/mol. The van der Waals surface area contributed by atoms with Crippen LogP contribution in [0.4, 0.5) is 0 Å². The molecule has 3 aromatic heterocycles. The van der Waals surface area contributed by atoms with Crippen LogP contribution in [0.2, 0.25) is 0 Å². The Kier molecular flexibility index (Phi) is 5.79. The van der Waals surface area contributed by atoms with Gasteiger partial charge in [-0.15, -0.1) is 0 Å². The summed E-state index contributed by atoms with van der Waals surface area (Å²) in [5, 5.41) is 2.48. The van der Waals surface area contributed by atoms with Gasteiger partial charge in [0.15, 0.2) is 11.0 Å². The second-order valence-electron chi connectivity index (χ2n) is 11.4. The second kappa shape index (κ2) is 9.39. The molecule has 0 amide bonds. The Bertz CT molecular complexity index is 2040. The number of para-hydroxylation sites is 3. The van der Waals surface area contributed by atoms with Gasteiger partial charge >= 0.3 is 0 Å². The van der Waals surface area contributed by atoms with Gasteiger partial charge in [0.2, 0.25) is 6.33 Å². The summed E-state index contributed by atoms with van der Waals surface area (Å²) in [6.07, 6.45) is 4.09. The third-order valence-electron chi connectivity index (χ3n) is 7.63. The average molecular weight is 540 g/mol. The summed E-state index contributed by atoms with van der Waals surface area (Å²) in [7, 11) is 2.10. The second-order valence-corrected chi connectivity index (χ2v) is 12.5. The maximum absolute atomic E-state index is 4.83.